The molecule has 1 saturated carbocycles. The molecule has 0 amide bonds. The molecule has 2 aromatic carbocycles. The van der Waals surface area contributed by atoms with Gasteiger partial charge in [0.25, 0.3) is 0 Å². The number of hydrogen-bond donors (Lipinski definition) is 0. The van der Waals surface area contributed by atoms with Crippen molar-refractivity contribution < 1.29 is 4.74 Å². The molecule has 0 bridgehead atoms. The lowest BCUT2D eigenvalue weighted by Gasteiger charge is -2.31. The molecule has 4 unspecified atom stereocenters. The monoisotopic (exact) mass is 418 g/mol. The van der Waals surface area contributed by atoms with E-state index >= 15 is 0 Å². The Bertz CT molecular complexity index is 959. The van der Waals surface area contributed by atoms with E-state index in [1.807, 2.05) is 11.8 Å². The number of allylic oxidation sites excluding steroid dienone is 2. The highest BCUT2D eigenvalue weighted by Crippen LogP contribution is 2.46. The first-order chi connectivity index (χ1) is 14.6. The standard InChI is InChI=1S/C28H34OS/c1-18-7-6-8-21(13-18)15-24-16-22-9-4-5-10-26(22)28(24)29-25-11-12-27-23(17-25)14-19(2)20(3)30-27/h4-5,9-12,17-18,21,24,28H,6-8,13-16H2,1-3H3. The zero-order chi connectivity index (χ0) is 20.7. The average molecular weight is 419 g/mol. The van der Waals surface area contributed by atoms with Crippen LogP contribution in [0, 0.1) is 17.8 Å². The van der Waals surface area contributed by atoms with Gasteiger partial charge in [0, 0.05) is 10.8 Å². The first kappa shape index (κ1) is 20.2. The average Bonchev–Trinajstić information content (AvgIpc) is 3.06. The molecule has 1 heterocycles. The Labute approximate surface area is 186 Å². The van der Waals surface area contributed by atoms with Crippen LogP contribution in [-0.4, -0.2) is 0 Å². The maximum atomic E-state index is 6.79. The van der Waals surface area contributed by atoms with Crippen molar-refractivity contribution in [2.24, 2.45) is 17.8 Å². The molecule has 0 radical (unpaired) electrons. The normalized spacial score (nSPS) is 28.2. The van der Waals surface area contributed by atoms with Crippen molar-refractivity contribution in [2.45, 2.75) is 76.7 Å². The molecule has 2 heteroatoms. The Balaban J connectivity index is 1.38. The number of thioether (sulfide) groups is 1. The fourth-order valence-corrected chi connectivity index (χ4v) is 6.86. The quantitative estimate of drug-likeness (QED) is 0.495. The molecule has 4 atom stereocenters. The van der Waals surface area contributed by atoms with E-state index in [9.17, 15) is 0 Å². The fourth-order valence-electron chi connectivity index (χ4n) is 5.89. The third-order valence-corrected chi connectivity index (χ3v) is 8.84. The summed E-state index contributed by atoms with van der Waals surface area (Å²) in [5, 5.41) is 0. The van der Waals surface area contributed by atoms with Crippen molar-refractivity contribution in [3.05, 3.63) is 69.6 Å². The summed E-state index contributed by atoms with van der Waals surface area (Å²) in [4.78, 5) is 2.84. The summed E-state index contributed by atoms with van der Waals surface area (Å²) < 4.78 is 6.79. The van der Waals surface area contributed by atoms with Gasteiger partial charge in [-0.3, -0.25) is 0 Å². The van der Waals surface area contributed by atoms with Crippen LogP contribution in [0.15, 0.2) is 57.8 Å². The van der Waals surface area contributed by atoms with E-state index < -0.39 is 0 Å². The molecule has 0 N–H and O–H groups in total. The van der Waals surface area contributed by atoms with Crippen molar-refractivity contribution in [3.63, 3.8) is 0 Å². The molecule has 1 fully saturated rings. The molecule has 30 heavy (non-hydrogen) atoms. The van der Waals surface area contributed by atoms with Crippen molar-refractivity contribution >= 4 is 11.8 Å². The molecular formula is C28H34OS. The summed E-state index contributed by atoms with van der Waals surface area (Å²) in [6, 6.07) is 15.8. The van der Waals surface area contributed by atoms with Gasteiger partial charge >= 0.3 is 0 Å². The molecule has 3 aliphatic rings. The lowest BCUT2D eigenvalue weighted by molar-refractivity contribution is 0.118. The molecule has 5 rings (SSSR count). The van der Waals surface area contributed by atoms with Gasteiger partial charge in [0.15, 0.2) is 0 Å². The largest absolute Gasteiger partial charge is 0.485 e. The van der Waals surface area contributed by atoms with Crippen molar-refractivity contribution in [1.82, 2.24) is 0 Å². The highest BCUT2D eigenvalue weighted by molar-refractivity contribution is 8.03. The summed E-state index contributed by atoms with van der Waals surface area (Å²) in [5.74, 6) is 3.41. The summed E-state index contributed by atoms with van der Waals surface area (Å²) in [7, 11) is 0. The van der Waals surface area contributed by atoms with E-state index in [1.165, 1.54) is 70.6 Å². The zero-order valence-electron chi connectivity index (χ0n) is 18.6. The van der Waals surface area contributed by atoms with Gasteiger partial charge in [0.1, 0.15) is 11.9 Å². The van der Waals surface area contributed by atoms with E-state index in [-0.39, 0.29) is 6.10 Å². The minimum Gasteiger partial charge on any atom is -0.485 e. The van der Waals surface area contributed by atoms with Crippen LogP contribution in [0.2, 0.25) is 0 Å². The van der Waals surface area contributed by atoms with Crippen LogP contribution in [0.25, 0.3) is 0 Å². The highest BCUT2D eigenvalue weighted by atomic mass is 32.2. The second kappa shape index (κ2) is 8.46. The summed E-state index contributed by atoms with van der Waals surface area (Å²) in [6.45, 7) is 6.93. The van der Waals surface area contributed by atoms with Crippen LogP contribution in [0.1, 0.15) is 75.7 Å². The summed E-state index contributed by atoms with van der Waals surface area (Å²) >= 11 is 1.91. The molecule has 1 aliphatic heterocycles. The van der Waals surface area contributed by atoms with Gasteiger partial charge < -0.3 is 4.74 Å². The van der Waals surface area contributed by atoms with E-state index in [0.717, 1.165) is 24.0 Å². The molecule has 158 valence electrons. The maximum Gasteiger partial charge on any atom is 0.127 e. The first-order valence-corrected chi connectivity index (χ1v) is 12.6. The van der Waals surface area contributed by atoms with Crippen LogP contribution >= 0.6 is 11.8 Å². The lowest BCUT2D eigenvalue weighted by atomic mass is 9.77. The van der Waals surface area contributed by atoms with E-state index in [0.29, 0.717) is 5.92 Å². The van der Waals surface area contributed by atoms with Crippen molar-refractivity contribution in [3.8, 4) is 5.75 Å². The summed E-state index contributed by atoms with van der Waals surface area (Å²) in [5.41, 5.74) is 5.83. The number of hydrogen-bond acceptors (Lipinski definition) is 2. The first-order valence-electron chi connectivity index (χ1n) is 11.8. The Hall–Kier alpha value is -1.67. The van der Waals surface area contributed by atoms with Gasteiger partial charge in [-0.1, -0.05) is 67.8 Å². The van der Waals surface area contributed by atoms with Crippen LogP contribution < -0.4 is 4.74 Å². The second-order valence-corrected chi connectivity index (χ2v) is 11.2. The van der Waals surface area contributed by atoms with Crippen LogP contribution in [0.4, 0.5) is 0 Å². The third kappa shape index (κ3) is 4.08. The van der Waals surface area contributed by atoms with Gasteiger partial charge in [-0.05, 0) is 91.2 Å². The van der Waals surface area contributed by atoms with E-state index in [2.05, 4.69) is 63.2 Å². The Morgan fingerprint density at radius 3 is 2.77 bits per heavy atom. The number of rotatable bonds is 4. The van der Waals surface area contributed by atoms with Gasteiger partial charge in [-0.2, -0.15) is 0 Å². The molecule has 0 aromatic heterocycles. The van der Waals surface area contributed by atoms with Gasteiger partial charge in [0.05, 0.1) is 0 Å². The molecule has 0 spiro atoms. The van der Waals surface area contributed by atoms with Crippen LogP contribution in [-0.2, 0) is 12.8 Å². The van der Waals surface area contributed by atoms with Crippen LogP contribution in [0.5, 0.6) is 5.75 Å². The van der Waals surface area contributed by atoms with Crippen LogP contribution in [0.3, 0.4) is 0 Å². The summed E-state index contributed by atoms with van der Waals surface area (Å²) in [6.07, 6.45) is 9.37. The predicted octanol–water partition coefficient (Wildman–Crippen LogP) is 8.14. The van der Waals surface area contributed by atoms with Crippen molar-refractivity contribution in [2.75, 3.05) is 0 Å². The number of fused-ring (bicyclic) bond motifs is 2. The minimum absolute atomic E-state index is 0.200. The maximum absolute atomic E-state index is 6.79. The number of benzene rings is 2. The Morgan fingerprint density at radius 2 is 1.90 bits per heavy atom. The van der Waals surface area contributed by atoms with Crippen molar-refractivity contribution in [1.29, 1.82) is 0 Å². The minimum atomic E-state index is 0.200. The van der Waals surface area contributed by atoms with Gasteiger partial charge in [-0.15, -0.1) is 0 Å². The van der Waals surface area contributed by atoms with E-state index in [1.54, 1.807) is 0 Å². The molecular weight excluding hydrogens is 384 g/mol. The Kier molecular flexibility index (Phi) is 5.71. The molecule has 1 nitrogen and oxygen atoms in total. The number of ether oxygens (including phenoxy) is 1. The second-order valence-electron chi connectivity index (χ2n) is 9.96. The highest BCUT2D eigenvalue weighted by Gasteiger charge is 2.36. The van der Waals surface area contributed by atoms with E-state index in [4.69, 9.17) is 4.74 Å². The molecule has 0 saturated heterocycles. The zero-order valence-corrected chi connectivity index (χ0v) is 19.4. The van der Waals surface area contributed by atoms with Gasteiger partial charge in [0.2, 0.25) is 0 Å². The predicted molar refractivity (Wildman–Crippen MR) is 127 cm³/mol. The molecule has 2 aromatic rings. The topological polar surface area (TPSA) is 9.23 Å². The third-order valence-electron chi connectivity index (χ3n) is 7.57. The smallest absolute Gasteiger partial charge is 0.127 e. The SMILES string of the molecule is CC1=C(C)Sc2ccc(OC3c4ccccc4CC3CC3CCCC(C)C3)cc2C1. The lowest BCUT2D eigenvalue weighted by Crippen LogP contribution is -2.21. The van der Waals surface area contributed by atoms with Gasteiger partial charge in [-0.25, -0.2) is 0 Å². The molecule has 2 aliphatic carbocycles. The fraction of sp³-hybridized carbons (Fsp3) is 0.500. The Morgan fingerprint density at radius 1 is 1.03 bits per heavy atom.